The van der Waals surface area contributed by atoms with E-state index in [2.05, 4.69) is 20.9 Å². The van der Waals surface area contributed by atoms with Gasteiger partial charge in [-0.1, -0.05) is 18.2 Å². The molecule has 10 nitrogen and oxygen atoms in total. The number of aryl methyl sites for hydroxylation is 1. The highest BCUT2D eigenvalue weighted by molar-refractivity contribution is 7.21. The summed E-state index contributed by atoms with van der Waals surface area (Å²) in [6.45, 7) is 2.22. The number of pyridine rings is 1. The number of urea groups is 1. The molecule has 0 saturated heterocycles. The summed E-state index contributed by atoms with van der Waals surface area (Å²) in [7, 11) is 3.68. The highest BCUT2D eigenvalue weighted by Crippen LogP contribution is 2.46. The minimum Gasteiger partial charge on any atom is -0.457 e. The first kappa shape index (κ1) is 27.7. The molecule has 2 aliphatic rings. The van der Waals surface area contributed by atoms with E-state index in [4.69, 9.17) is 4.74 Å². The van der Waals surface area contributed by atoms with Crippen molar-refractivity contribution in [3.63, 3.8) is 0 Å². The number of anilines is 3. The second kappa shape index (κ2) is 11.4. The maximum Gasteiger partial charge on any atom is 0.331 e. The number of carbonyl (C=O) groups excluding carboxylic acids is 3. The number of hydrogen-bond acceptors (Lipinski definition) is 7. The zero-order valence-corrected chi connectivity index (χ0v) is 24.5. The zero-order chi connectivity index (χ0) is 29.4. The highest BCUT2D eigenvalue weighted by atomic mass is 32.1. The molecule has 0 bridgehead atoms. The van der Waals surface area contributed by atoms with Crippen molar-refractivity contribution in [3.8, 4) is 11.5 Å². The first-order valence-electron chi connectivity index (χ1n) is 13.9. The molecule has 4 amide bonds. The molecule has 2 aromatic carbocycles. The quantitative estimate of drug-likeness (QED) is 0.255. The maximum atomic E-state index is 13.6. The Balaban J connectivity index is 1.26. The number of hydrogen-bond donors (Lipinski definition) is 3. The molecule has 216 valence electrons. The monoisotopic (exact) mass is 584 g/mol. The van der Waals surface area contributed by atoms with Gasteiger partial charge in [-0.3, -0.25) is 14.5 Å². The van der Waals surface area contributed by atoms with Crippen LogP contribution in [0.25, 0.3) is 10.2 Å². The second-order valence-corrected chi connectivity index (χ2v) is 11.9. The van der Waals surface area contributed by atoms with Crippen molar-refractivity contribution >= 4 is 56.5 Å². The van der Waals surface area contributed by atoms with Crippen LogP contribution in [0.2, 0.25) is 0 Å². The maximum absolute atomic E-state index is 13.6. The van der Waals surface area contributed by atoms with Crippen LogP contribution >= 0.6 is 11.3 Å². The van der Waals surface area contributed by atoms with Gasteiger partial charge in [0.25, 0.3) is 5.91 Å². The lowest BCUT2D eigenvalue weighted by atomic mass is 10.1. The Morgan fingerprint density at radius 2 is 1.81 bits per heavy atom. The molecule has 6 rings (SSSR count). The summed E-state index contributed by atoms with van der Waals surface area (Å²) >= 11 is 1.25. The first-order chi connectivity index (χ1) is 20.3. The van der Waals surface area contributed by atoms with E-state index < -0.39 is 0 Å². The fourth-order valence-electron chi connectivity index (χ4n) is 5.63. The predicted molar refractivity (Wildman–Crippen MR) is 164 cm³/mol. The predicted octanol–water partition coefficient (Wildman–Crippen LogP) is 5.41. The third-order valence-electron chi connectivity index (χ3n) is 7.48. The molecule has 4 aromatic rings. The van der Waals surface area contributed by atoms with Gasteiger partial charge in [-0.15, -0.1) is 11.3 Å². The number of amides is 4. The number of nitrogens with one attached hydrogen (secondary N) is 3. The SMILES string of the molecule is Cc1cc(Oc2ccccc2)ccc1N1C(=O)Nc2c(C(=O)N[C@H]3CCC[C@H]3NC(=O)CN(C)C)sc3nccc1c23. The van der Waals surface area contributed by atoms with Crippen LogP contribution in [-0.4, -0.2) is 60.5 Å². The van der Waals surface area contributed by atoms with Gasteiger partial charge in [0.05, 0.1) is 29.0 Å². The minimum atomic E-state index is -0.364. The summed E-state index contributed by atoms with van der Waals surface area (Å²) in [5.41, 5.74) is 2.67. The standard InChI is InChI=1S/C31H32N6O4S/c1-18-16-20(41-19-8-5-4-6-9-19)12-13-23(18)37-24-14-15-32-30-26(24)27(35-31(37)40)28(42-30)29(39)34-22-11-7-10-21(22)33-25(38)17-36(2)3/h4-6,8-9,12-16,21-22H,7,10-11,17H2,1-3H3,(H,33,38)(H,34,39)(H,35,40)/t21-,22+/m1/s1. The molecule has 1 aliphatic carbocycles. The minimum absolute atomic E-state index is 0.0701. The fraction of sp³-hybridized carbons (Fsp3) is 0.290. The highest BCUT2D eigenvalue weighted by Gasteiger charge is 2.35. The van der Waals surface area contributed by atoms with Gasteiger partial charge >= 0.3 is 6.03 Å². The van der Waals surface area contributed by atoms with Crippen LogP contribution in [0.1, 0.15) is 34.5 Å². The number of carbonyl (C=O) groups is 3. The molecule has 0 radical (unpaired) electrons. The molecule has 3 heterocycles. The van der Waals surface area contributed by atoms with Crippen LogP contribution in [-0.2, 0) is 4.79 Å². The largest absolute Gasteiger partial charge is 0.457 e. The van der Waals surface area contributed by atoms with Gasteiger partial charge in [-0.25, -0.2) is 9.78 Å². The van der Waals surface area contributed by atoms with E-state index in [0.29, 0.717) is 32.5 Å². The number of aromatic nitrogens is 1. The van der Waals surface area contributed by atoms with E-state index in [1.54, 1.807) is 17.2 Å². The summed E-state index contributed by atoms with van der Waals surface area (Å²) < 4.78 is 5.97. The van der Waals surface area contributed by atoms with Gasteiger partial charge in [0.15, 0.2) is 0 Å². The molecule has 1 aliphatic heterocycles. The molecule has 42 heavy (non-hydrogen) atoms. The molecule has 2 atom stereocenters. The number of rotatable bonds is 8. The summed E-state index contributed by atoms with van der Waals surface area (Å²) in [6.07, 6.45) is 4.13. The van der Waals surface area contributed by atoms with Crippen molar-refractivity contribution in [3.05, 3.63) is 71.2 Å². The number of likely N-dealkylation sites (N-methyl/N-ethyl adjacent to an activating group) is 1. The van der Waals surface area contributed by atoms with Crippen LogP contribution < -0.4 is 25.6 Å². The molecule has 0 spiro atoms. The Bertz CT molecular complexity index is 1670. The van der Waals surface area contributed by atoms with Crippen LogP contribution in [0.15, 0.2) is 60.8 Å². The average Bonchev–Trinajstić information content (AvgIpc) is 3.54. The van der Waals surface area contributed by atoms with E-state index in [9.17, 15) is 14.4 Å². The lowest BCUT2D eigenvalue weighted by molar-refractivity contribution is -0.122. The van der Waals surface area contributed by atoms with Crippen molar-refractivity contribution in [1.29, 1.82) is 0 Å². The lowest BCUT2D eigenvalue weighted by Gasteiger charge is -2.29. The summed E-state index contributed by atoms with van der Waals surface area (Å²) in [5, 5.41) is 9.85. The fourth-order valence-corrected chi connectivity index (χ4v) is 6.65. The topological polar surface area (TPSA) is 116 Å². The van der Waals surface area contributed by atoms with E-state index in [1.165, 1.54) is 11.3 Å². The van der Waals surface area contributed by atoms with Crippen molar-refractivity contribution in [2.45, 2.75) is 38.3 Å². The molecule has 3 N–H and O–H groups in total. The van der Waals surface area contributed by atoms with Crippen molar-refractivity contribution in [2.24, 2.45) is 0 Å². The number of thiophene rings is 1. The molecule has 2 aromatic heterocycles. The Labute approximate surface area is 247 Å². The Morgan fingerprint density at radius 3 is 2.55 bits per heavy atom. The van der Waals surface area contributed by atoms with Crippen LogP contribution in [0.3, 0.4) is 0 Å². The van der Waals surface area contributed by atoms with Crippen LogP contribution in [0.4, 0.5) is 21.9 Å². The Morgan fingerprint density at radius 1 is 1.05 bits per heavy atom. The summed E-state index contributed by atoms with van der Waals surface area (Å²) in [4.78, 5) is 48.5. The van der Waals surface area contributed by atoms with Gasteiger partial charge in [0.2, 0.25) is 5.91 Å². The molecule has 1 saturated carbocycles. The summed E-state index contributed by atoms with van der Waals surface area (Å²) in [6, 6.07) is 16.2. The van der Waals surface area contributed by atoms with Crippen LogP contribution in [0.5, 0.6) is 11.5 Å². The number of ether oxygens (including phenoxy) is 1. The van der Waals surface area contributed by atoms with E-state index in [1.807, 2.05) is 74.4 Å². The normalized spacial score (nSPS) is 17.8. The number of benzene rings is 2. The van der Waals surface area contributed by atoms with Gasteiger partial charge in [0, 0.05) is 18.3 Å². The zero-order valence-electron chi connectivity index (χ0n) is 23.6. The van der Waals surface area contributed by atoms with Crippen molar-refractivity contribution in [2.75, 3.05) is 30.9 Å². The number of para-hydroxylation sites is 1. The second-order valence-electron chi connectivity index (χ2n) is 10.9. The Hall–Kier alpha value is -4.48. The molecule has 11 heteroatoms. The van der Waals surface area contributed by atoms with Gasteiger partial charge in [-0.05, 0) is 82.2 Å². The van der Waals surface area contributed by atoms with Crippen molar-refractivity contribution < 1.29 is 19.1 Å². The third-order valence-corrected chi connectivity index (χ3v) is 8.58. The van der Waals surface area contributed by atoms with E-state index >= 15 is 0 Å². The average molecular weight is 585 g/mol. The summed E-state index contributed by atoms with van der Waals surface area (Å²) in [5.74, 6) is 1.03. The lowest BCUT2D eigenvalue weighted by Crippen LogP contribution is -2.50. The smallest absolute Gasteiger partial charge is 0.331 e. The molecular weight excluding hydrogens is 552 g/mol. The molecule has 0 unspecified atom stereocenters. The van der Waals surface area contributed by atoms with Crippen molar-refractivity contribution in [1.82, 2.24) is 20.5 Å². The number of nitrogens with zero attached hydrogens (tertiary/aromatic N) is 3. The third kappa shape index (κ3) is 5.40. The van der Waals surface area contributed by atoms with Crippen LogP contribution in [0, 0.1) is 6.92 Å². The van der Waals surface area contributed by atoms with Gasteiger partial charge in [0.1, 0.15) is 21.2 Å². The molecular formula is C31H32N6O4S. The van der Waals surface area contributed by atoms with E-state index in [-0.39, 0.29) is 36.5 Å². The van der Waals surface area contributed by atoms with Gasteiger partial charge in [-0.2, -0.15) is 0 Å². The van der Waals surface area contributed by atoms with Gasteiger partial charge < -0.3 is 25.6 Å². The first-order valence-corrected chi connectivity index (χ1v) is 14.7. The molecule has 1 fully saturated rings. The van der Waals surface area contributed by atoms with E-state index in [0.717, 1.165) is 36.0 Å². The Kier molecular flexibility index (Phi) is 7.53.